The average molecular weight is 363 g/mol. The quantitative estimate of drug-likeness (QED) is 0.547. The molecule has 4 nitrogen and oxygen atoms in total. The van der Waals surface area contributed by atoms with Crippen LogP contribution in [0.15, 0.2) is 27.6 Å². The summed E-state index contributed by atoms with van der Waals surface area (Å²) in [6.45, 7) is 4.05. The van der Waals surface area contributed by atoms with Gasteiger partial charge < -0.3 is 5.73 Å². The van der Waals surface area contributed by atoms with E-state index in [-0.39, 0.29) is 10.9 Å². The molecule has 1 aromatic carbocycles. The second kappa shape index (κ2) is 8.00. The van der Waals surface area contributed by atoms with Crippen molar-refractivity contribution in [2.24, 2.45) is 0 Å². The molecule has 0 radical (unpaired) electrons. The molecule has 0 aliphatic carbocycles. The van der Waals surface area contributed by atoms with Crippen LogP contribution < -0.4 is 10.5 Å². The molecule has 0 saturated heterocycles. The van der Waals surface area contributed by atoms with E-state index in [0.29, 0.717) is 10.2 Å². The number of hydrogen-bond donors (Lipinski definition) is 2. The first-order valence-electron chi connectivity index (χ1n) is 6.94. The Morgan fingerprint density at radius 3 is 2.65 bits per heavy atom. The molecular weight excluding hydrogens is 340 g/mol. The number of unbranched alkanes of at least 4 members (excludes halogenated alkanes) is 3. The second-order valence-corrected chi connectivity index (χ2v) is 7.60. The van der Waals surface area contributed by atoms with Crippen molar-refractivity contribution in [2.45, 2.75) is 56.9 Å². The number of nitrogens with one attached hydrogen (secondary N) is 1. The summed E-state index contributed by atoms with van der Waals surface area (Å²) in [6.07, 6.45) is 5.40. The van der Waals surface area contributed by atoms with E-state index < -0.39 is 10.0 Å². The molecule has 0 bridgehead atoms. The van der Waals surface area contributed by atoms with Gasteiger partial charge in [0, 0.05) is 16.2 Å². The number of nitrogens with two attached hydrogens (primary N) is 1. The van der Waals surface area contributed by atoms with Gasteiger partial charge in [-0.05, 0) is 47.5 Å². The number of halogens is 1. The van der Waals surface area contributed by atoms with E-state index in [1.807, 2.05) is 6.92 Å². The minimum absolute atomic E-state index is 0.0785. The van der Waals surface area contributed by atoms with Gasteiger partial charge in [0.1, 0.15) is 0 Å². The molecular formula is C14H23BrN2O2S. The van der Waals surface area contributed by atoms with E-state index in [9.17, 15) is 8.42 Å². The van der Waals surface area contributed by atoms with E-state index in [2.05, 4.69) is 27.6 Å². The molecule has 20 heavy (non-hydrogen) atoms. The standard InChI is InChI=1S/C14H23BrN2O2S/c1-3-4-5-6-7-11(2)17-20(18,19)14-10-12(16)8-9-13(14)15/h8-11,17H,3-7,16H2,1-2H3. The van der Waals surface area contributed by atoms with Crippen LogP contribution in [0.3, 0.4) is 0 Å². The smallest absolute Gasteiger partial charge is 0.242 e. The topological polar surface area (TPSA) is 72.2 Å². The van der Waals surface area contributed by atoms with Crippen molar-refractivity contribution in [2.75, 3.05) is 5.73 Å². The summed E-state index contributed by atoms with van der Waals surface area (Å²) in [5, 5.41) is 0. The lowest BCUT2D eigenvalue weighted by Crippen LogP contribution is -2.32. The number of sulfonamides is 1. The normalized spacial score (nSPS) is 13.3. The van der Waals surface area contributed by atoms with Crippen LogP contribution in [0.5, 0.6) is 0 Å². The third-order valence-corrected chi connectivity index (χ3v) is 5.68. The van der Waals surface area contributed by atoms with Gasteiger partial charge in [-0.3, -0.25) is 0 Å². The SMILES string of the molecule is CCCCCCC(C)NS(=O)(=O)c1cc(N)ccc1Br. The lowest BCUT2D eigenvalue weighted by atomic mass is 10.1. The maximum atomic E-state index is 12.3. The number of anilines is 1. The van der Waals surface area contributed by atoms with Gasteiger partial charge in [0.2, 0.25) is 10.0 Å². The summed E-state index contributed by atoms with van der Waals surface area (Å²) in [7, 11) is -3.53. The summed E-state index contributed by atoms with van der Waals surface area (Å²) in [4.78, 5) is 0.193. The summed E-state index contributed by atoms with van der Waals surface area (Å²) in [6, 6.07) is 4.70. The van der Waals surface area contributed by atoms with E-state index in [0.717, 1.165) is 19.3 Å². The minimum Gasteiger partial charge on any atom is -0.399 e. The van der Waals surface area contributed by atoms with Gasteiger partial charge >= 0.3 is 0 Å². The highest BCUT2D eigenvalue weighted by Crippen LogP contribution is 2.24. The van der Waals surface area contributed by atoms with Crippen molar-refractivity contribution < 1.29 is 8.42 Å². The first-order valence-corrected chi connectivity index (χ1v) is 9.21. The number of rotatable bonds is 8. The van der Waals surface area contributed by atoms with Gasteiger partial charge in [-0.1, -0.05) is 32.6 Å². The molecule has 6 heteroatoms. The van der Waals surface area contributed by atoms with Crippen molar-refractivity contribution in [3.05, 3.63) is 22.7 Å². The van der Waals surface area contributed by atoms with Gasteiger partial charge in [-0.15, -0.1) is 0 Å². The first kappa shape index (κ1) is 17.5. The van der Waals surface area contributed by atoms with Gasteiger partial charge in [-0.2, -0.15) is 0 Å². The lowest BCUT2D eigenvalue weighted by molar-refractivity contribution is 0.521. The zero-order valence-electron chi connectivity index (χ0n) is 12.0. The van der Waals surface area contributed by atoms with Crippen LogP contribution in [0.4, 0.5) is 5.69 Å². The van der Waals surface area contributed by atoms with Crippen LogP contribution in [-0.2, 0) is 10.0 Å². The fourth-order valence-electron chi connectivity index (χ4n) is 1.99. The zero-order chi connectivity index (χ0) is 15.2. The highest BCUT2D eigenvalue weighted by Gasteiger charge is 2.20. The molecule has 1 atom stereocenters. The monoisotopic (exact) mass is 362 g/mol. The Labute approximate surface area is 130 Å². The number of hydrogen-bond acceptors (Lipinski definition) is 3. The van der Waals surface area contributed by atoms with Crippen LogP contribution in [0.1, 0.15) is 46.0 Å². The molecule has 0 amide bonds. The van der Waals surface area contributed by atoms with Gasteiger partial charge in [-0.25, -0.2) is 13.1 Å². The fourth-order valence-corrected chi connectivity index (χ4v) is 4.27. The summed E-state index contributed by atoms with van der Waals surface area (Å²) in [5.74, 6) is 0. The zero-order valence-corrected chi connectivity index (χ0v) is 14.4. The second-order valence-electron chi connectivity index (χ2n) is 5.06. The lowest BCUT2D eigenvalue weighted by Gasteiger charge is -2.15. The van der Waals surface area contributed by atoms with Crippen molar-refractivity contribution in [3.63, 3.8) is 0 Å². The van der Waals surface area contributed by atoms with Crippen LogP contribution in [0.2, 0.25) is 0 Å². The molecule has 3 N–H and O–H groups in total. The van der Waals surface area contributed by atoms with Crippen molar-refractivity contribution >= 4 is 31.6 Å². The average Bonchev–Trinajstić information content (AvgIpc) is 2.37. The molecule has 1 unspecified atom stereocenters. The molecule has 0 heterocycles. The Bertz CT molecular complexity index is 532. The molecule has 0 spiro atoms. The molecule has 1 aromatic rings. The largest absolute Gasteiger partial charge is 0.399 e. The highest BCUT2D eigenvalue weighted by molar-refractivity contribution is 9.10. The van der Waals surface area contributed by atoms with Gasteiger partial charge in [0.15, 0.2) is 0 Å². The third kappa shape index (κ3) is 5.42. The van der Waals surface area contributed by atoms with E-state index in [4.69, 9.17) is 5.73 Å². The van der Waals surface area contributed by atoms with Gasteiger partial charge in [0.25, 0.3) is 0 Å². The predicted molar refractivity (Wildman–Crippen MR) is 87.1 cm³/mol. The first-order chi connectivity index (χ1) is 9.36. The minimum atomic E-state index is -3.53. The summed E-state index contributed by atoms with van der Waals surface area (Å²) < 4.78 is 27.8. The molecule has 0 aliphatic rings. The van der Waals surface area contributed by atoms with Crippen molar-refractivity contribution in [3.8, 4) is 0 Å². The molecule has 0 saturated carbocycles. The van der Waals surface area contributed by atoms with E-state index in [1.54, 1.807) is 12.1 Å². The van der Waals surface area contributed by atoms with Crippen LogP contribution in [0.25, 0.3) is 0 Å². The van der Waals surface area contributed by atoms with E-state index >= 15 is 0 Å². The number of nitrogen functional groups attached to an aromatic ring is 1. The van der Waals surface area contributed by atoms with Crippen LogP contribution in [-0.4, -0.2) is 14.5 Å². The molecule has 1 rings (SSSR count). The maximum absolute atomic E-state index is 12.3. The van der Waals surface area contributed by atoms with Gasteiger partial charge in [0.05, 0.1) is 4.90 Å². The Morgan fingerprint density at radius 1 is 1.30 bits per heavy atom. The molecule has 114 valence electrons. The fraction of sp³-hybridized carbons (Fsp3) is 0.571. The summed E-state index contributed by atoms with van der Waals surface area (Å²) in [5.41, 5.74) is 6.09. The molecule has 0 aliphatic heterocycles. The van der Waals surface area contributed by atoms with Crippen LogP contribution in [0, 0.1) is 0 Å². The number of benzene rings is 1. The Balaban J connectivity index is 2.67. The summed E-state index contributed by atoms with van der Waals surface area (Å²) >= 11 is 3.25. The highest BCUT2D eigenvalue weighted by atomic mass is 79.9. The third-order valence-electron chi connectivity index (χ3n) is 3.09. The molecule has 0 aromatic heterocycles. The Morgan fingerprint density at radius 2 is 2.00 bits per heavy atom. The maximum Gasteiger partial charge on any atom is 0.242 e. The Hall–Kier alpha value is -0.590. The van der Waals surface area contributed by atoms with Crippen LogP contribution >= 0.6 is 15.9 Å². The van der Waals surface area contributed by atoms with E-state index in [1.165, 1.54) is 18.9 Å². The molecule has 0 fully saturated rings. The predicted octanol–water partition coefficient (Wildman–Crippen LogP) is 3.67. The Kier molecular flexibility index (Phi) is 6.99. The van der Waals surface area contributed by atoms with Crippen molar-refractivity contribution in [1.29, 1.82) is 0 Å². The van der Waals surface area contributed by atoms with Crippen molar-refractivity contribution in [1.82, 2.24) is 4.72 Å².